The number of hydrogen-bond donors (Lipinski definition) is 4. The van der Waals surface area contributed by atoms with Crippen molar-refractivity contribution in [2.45, 2.75) is 129 Å². The number of hydrogen-bond acceptors (Lipinski definition) is 4. The molecular weight excluding hydrogens is 408 g/mol. The van der Waals surface area contributed by atoms with Crippen molar-refractivity contribution >= 4 is 0 Å². The lowest BCUT2D eigenvalue weighted by Gasteiger charge is -2.57. The first kappa shape index (κ1) is 25.9. The van der Waals surface area contributed by atoms with Crippen LogP contribution in [0.5, 0.6) is 0 Å². The zero-order chi connectivity index (χ0) is 23.9. The van der Waals surface area contributed by atoms with Gasteiger partial charge in [0.2, 0.25) is 0 Å². The highest BCUT2D eigenvalue weighted by molar-refractivity contribution is 5.05. The highest BCUT2D eigenvalue weighted by Crippen LogP contribution is 2.56. The largest absolute Gasteiger partial charge is 0.391 e. The third kappa shape index (κ3) is 4.93. The van der Waals surface area contributed by atoms with E-state index in [1.165, 1.54) is 64.2 Å². The molecule has 0 radical (unpaired) electrons. The average molecular weight is 463 g/mol. The highest BCUT2D eigenvalue weighted by atomic mass is 16.3. The average Bonchev–Trinajstić information content (AvgIpc) is 2.82. The van der Waals surface area contributed by atoms with Crippen LogP contribution in [-0.2, 0) is 0 Å². The first-order valence-electron chi connectivity index (χ1n) is 14.5. The van der Waals surface area contributed by atoms with Gasteiger partial charge in [0.25, 0.3) is 0 Å². The zero-order valence-electron chi connectivity index (χ0n) is 22.0. The Balaban J connectivity index is 1.57. The first-order valence-corrected chi connectivity index (χ1v) is 14.5. The Kier molecular flexibility index (Phi) is 8.21. The summed E-state index contributed by atoms with van der Waals surface area (Å²) < 4.78 is 0. The molecule has 0 aromatic rings. The fourth-order valence-electron chi connectivity index (χ4n) is 9.33. The lowest BCUT2D eigenvalue weighted by atomic mass is 9.50. The summed E-state index contributed by atoms with van der Waals surface area (Å²) in [6, 6.07) is -0.274. The quantitative estimate of drug-likeness (QED) is 0.468. The maximum atomic E-state index is 11.2. The van der Waals surface area contributed by atoms with Crippen molar-refractivity contribution in [3.8, 4) is 0 Å². The minimum Gasteiger partial charge on any atom is -0.391 e. The smallest absolute Gasteiger partial charge is 0.0724 e. The van der Waals surface area contributed by atoms with E-state index in [1.807, 2.05) is 0 Å². The molecule has 0 aliphatic heterocycles. The van der Waals surface area contributed by atoms with Gasteiger partial charge in [-0.2, -0.15) is 0 Å². The number of aliphatic hydroxyl groups excluding tert-OH is 2. The normalized spacial score (nSPS) is 46.9. The Morgan fingerprint density at radius 1 is 0.606 bits per heavy atom. The van der Waals surface area contributed by atoms with E-state index in [0.717, 1.165) is 12.8 Å². The second kappa shape index (κ2) is 10.4. The van der Waals surface area contributed by atoms with Gasteiger partial charge in [-0.1, -0.05) is 91.9 Å². The van der Waals surface area contributed by atoms with Crippen molar-refractivity contribution in [1.82, 2.24) is 0 Å². The monoisotopic (exact) mass is 462 g/mol. The molecule has 0 bridgehead atoms. The van der Waals surface area contributed by atoms with E-state index in [4.69, 9.17) is 11.5 Å². The van der Waals surface area contributed by atoms with E-state index < -0.39 is 0 Å². The summed E-state index contributed by atoms with van der Waals surface area (Å²) in [7, 11) is 0. The molecule has 4 nitrogen and oxygen atoms in total. The van der Waals surface area contributed by atoms with Gasteiger partial charge in [0, 0.05) is 12.1 Å². The van der Waals surface area contributed by atoms with Crippen LogP contribution in [0, 0.1) is 52.8 Å². The van der Waals surface area contributed by atoms with Crippen LogP contribution in [0.3, 0.4) is 0 Å². The first-order chi connectivity index (χ1) is 15.6. The summed E-state index contributed by atoms with van der Waals surface area (Å²) in [6.45, 7) is 9.52. The molecule has 4 saturated carbocycles. The van der Waals surface area contributed by atoms with Crippen LogP contribution in [0.25, 0.3) is 0 Å². The molecule has 0 aromatic carbocycles. The van der Waals surface area contributed by atoms with Crippen LogP contribution in [0.15, 0.2) is 0 Å². The van der Waals surface area contributed by atoms with Gasteiger partial charge >= 0.3 is 0 Å². The number of aliphatic hydroxyl groups is 2. The third-order valence-corrected chi connectivity index (χ3v) is 11.6. The highest BCUT2D eigenvalue weighted by Gasteiger charge is 2.54. The van der Waals surface area contributed by atoms with Gasteiger partial charge in [-0.25, -0.2) is 0 Å². The molecule has 0 aromatic heterocycles. The van der Waals surface area contributed by atoms with Gasteiger partial charge in [0.05, 0.1) is 12.2 Å². The molecule has 6 N–H and O–H groups in total. The van der Waals surface area contributed by atoms with E-state index in [-0.39, 0.29) is 29.7 Å². The summed E-state index contributed by atoms with van der Waals surface area (Å²) in [5, 5.41) is 22.4. The Bertz CT molecular complexity index is 571. The third-order valence-electron chi connectivity index (χ3n) is 11.6. The summed E-state index contributed by atoms with van der Waals surface area (Å²) in [5.41, 5.74) is 13.6. The van der Waals surface area contributed by atoms with Crippen molar-refractivity contribution in [2.75, 3.05) is 0 Å². The zero-order valence-corrected chi connectivity index (χ0v) is 22.0. The van der Waals surface area contributed by atoms with Gasteiger partial charge in [-0.3, -0.25) is 0 Å². The fourth-order valence-corrected chi connectivity index (χ4v) is 9.33. The van der Waals surface area contributed by atoms with Crippen molar-refractivity contribution in [3.63, 3.8) is 0 Å². The summed E-state index contributed by atoms with van der Waals surface area (Å²) in [6.07, 6.45) is 14.4. The second-order valence-corrected chi connectivity index (χ2v) is 13.5. The second-order valence-electron chi connectivity index (χ2n) is 13.5. The Morgan fingerprint density at radius 2 is 0.939 bits per heavy atom. The standard InChI is InChI=1S/C29H54N2O2/c1-17-23(15-21(27(32)25(17)30)19-11-7-5-8-12-19)29(3,4)24-16-22(20-13-9-6-10-14-20)28(33)26(31)18(24)2/h17-28,32-33H,5-16,30-31H2,1-4H3. The van der Waals surface area contributed by atoms with Crippen molar-refractivity contribution < 1.29 is 10.2 Å². The maximum Gasteiger partial charge on any atom is 0.0724 e. The summed E-state index contributed by atoms with van der Waals surface area (Å²) in [5.74, 6) is 3.54. The van der Waals surface area contributed by atoms with Crippen molar-refractivity contribution in [1.29, 1.82) is 0 Å². The predicted octanol–water partition coefficient (Wildman–Crippen LogP) is 5.09. The fraction of sp³-hybridized carbons (Fsp3) is 1.00. The van der Waals surface area contributed by atoms with Crippen LogP contribution < -0.4 is 11.5 Å². The van der Waals surface area contributed by atoms with Crippen LogP contribution >= 0.6 is 0 Å². The molecule has 33 heavy (non-hydrogen) atoms. The van der Waals surface area contributed by atoms with Gasteiger partial charge < -0.3 is 21.7 Å². The number of nitrogens with two attached hydrogens (primary N) is 2. The molecule has 10 atom stereocenters. The van der Waals surface area contributed by atoms with Crippen molar-refractivity contribution in [2.24, 2.45) is 64.2 Å². The van der Waals surface area contributed by atoms with Crippen LogP contribution in [0.1, 0.15) is 105 Å². The lowest BCUT2D eigenvalue weighted by molar-refractivity contribution is -0.113. The number of rotatable bonds is 4. The van der Waals surface area contributed by atoms with Gasteiger partial charge in [0.15, 0.2) is 0 Å². The molecule has 4 rings (SSSR count). The predicted molar refractivity (Wildman–Crippen MR) is 136 cm³/mol. The maximum absolute atomic E-state index is 11.2. The van der Waals surface area contributed by atoms with Gasteiger partial charge in [-0.05, 0) is 65.6 Å². The molecule has 0 saturated heterocycles. The molecule has 0 amide bonds. The van der Waals surface area contributed by atoms with Gasteiger partial charge in [-0.15, -0.1) is 0 Å². The molecule has 0 spiro atoms. The Hall–Kier alpha value is -0.160. The topological polar surface area (TPSA) is 92.5 Å². The van der Waals surface area contributed by atoms with E-state index in [9.17, 15) is 10.2 Å². The van der Waals surface area contributed by atoms with Crippen LogP contribution in [-0.4, -0.2) is 34.5 Å². The molecule has 4 aliphatic rings. The molecule has 4 fully saturated rings. The minimum absolute atomic E-state index is 0.0915. The van der Waals surface area contributed by atoms with Crippen molar-refractivity contribution in [3.05, 3.63) is 0 Å². The molecule has 192 valence electrons. The Morgan fingerprint density at radius 3 is 1.27 bits per heavy atom. The van der Waals surface area contributed by atoms with E-state index in [2.05, 4.69) is 27.7 Å². The molecule has 0 heterocycles. The molecule has 4 heteroatoms. The van der Waals surface area contributed by atoms with E-state index >= 15 is 0 Å². The lowest BCUT2D eigenvalue weighted by Crippen LogP contribution is -2.60. The van der Waals surface area contributed by atoms with Crippen LogP contribution in [0.2, 0.25) is 0 Å². The molecule has 10 unspecified atom stereocenters. The molecular formula is C29H54N2O2. The minimum atomic E-state index is -0.363. The van der Waals surface area contributed by atoms with Gasteiger partial charge in [0.1, 0.15) is 0 Å². The van der Waals surface area contributed by atoms with E-state index in [0.29, 0.717) is 47.3 Å². The molecule has 4 aliphatic carbocycles. The van der Waals surface area contributed by atoms with Crippen LogP contribution in [0.4, 0.5) is 0 Å². The van der Waals surface area contributed by atoms with E-state index in [1.54, 1.807) is 0 Å². The summed E-state index contributed by atoms with van der Waals surface area (Å²) >= 11 is 0. The SMILES string of the molecule is CC1C(N)C(O)C(C2CCCCC2)CC1C(C)(C)C1CC(C2CCCCC2)C(O)C(N)C1C. The summed E-state index contributed by atoms with van der Waals surface area (Å²) in [4.78, 5) is 0. The Labute approximate surface area is 203 Å².